The summed E-state index contributed by atoms with van der Waals surface area (Å²) >= 11 is 0. The van der Waals surface area contributed by atoms with Crippen LogP contribution in [0, 0.1) is 13.8 Å². The van der Waals surface area contributed by atoms with Crippen LogP contribution in [0.1, 0.15) is 117 Å². The predicted octanol–water partition coefficient (Wildman–Crippen LogP) is 4.96. The van der Waals surface area contributed by atoms with Crippen molar-refractivity contribution in [3.05, 3.63) is 41.5 Å². The summed E-state index contributed by atoms with van der Waals surface area (Å²) in [6, 6.07) is 3.23. The van der Waals surface area contributed by atoms with E-state index in [-0.39, 0.29) is 36.4 Å². The largest absolute Gasteiger partial charge is 0.460 e. The second-order valence-electron chi connectivity index (χ2n) is 17.0. The Labute approximate surface area is 339 Å². The number of hydrogen-bond donors (Lipinski definition) is 3. The molecule has 0 saturated carbocycles. The number of anilines is 1. The average Bonchev–Trinajstić information content (AvgIpc) is 3.74. The summed E-state index contributed by atoms with van der Waals surface area (Å²) in [6.45, 7) is 17.5. The fourth-order valence-electron chi connectivity index (χ4n) is 7.52. The maximum absolute atomic E-state index is 13.4. The number of carbonyl (C=O) groups is 3. The summed E-state index contributed by atoms with van der Waals surface area (Å²) < 4.78 is 65.0. The molecule has 4 N–H and O–H groups in total. The summed E-state index contributed by atoms with van der Waals surface area (Å²) in [6.07, 6.45) is 1.40. The summed E-state index contributed by atoms with van der Waals surface area (Å²) in [4.78, 5) is 51.7. The fraction of sp³-hybridized carbons (Fsp3) is 0.641. The number of carbonyl (C=O) groups excluding carboxylic acids is 3. The minimum atomic E-state index is -4.64. The molecule has 2 aliphatic rings. The Morgan fingerprint density at radius 2 is 1.74 bits per heavy atom. The first-order valence-electron chi connectivity index (χ1n) is 19.4. The van der Waals surface area contributed by atoms with Gasteiger partial charge in [-0.2, -0.15) is 8.42 Å². The van der Waals surface area contributed by atoms with Crippen molar-refractivity contribution in [2.75, 3.05) is 12.3 Å². The van der Waals surface area contributed by atoms with Crippen molar-refractivity contribution >= 4 is 45.3 Å². The number of esters is 1. The van der Waals surface area contributed by atoms with Crippen LogP contribution in [-0.4, -0.2) is 88.3 Å². The predicted molar refractivity (Wildman–Crippen MR) is 212 cm³/mol. The quantitative estimate of drug-likeness (QED) is 0.162. The number of benzene rings is 1. The number of hydrogen-bond acceptors (Lipinski definition) is 15. The number of nitrogens with two attached hydrogens (primary N) is 1. The number of fused-ring (bicyclic) bond motifs is 2. The van der Waals surface area contributed by atoms with Gasteiger partial charge in [0.25, 0.3) is 0 Å². The first-order valence-corrected chi connectivity index (χ1v) is 20.8. The van der Waals surface area contributed by atoms with Crippen LogP contribution in [0.15, 0.2) is 24.8 Å². The molecule has 4 heterocycles. The Morgan fingerprint density at radius 1 is 1.03 bits per heavy atom. The van der Waals surface area contributed by atoms with Crippen molar-refractivity contribution in [3.63, 3.8) is 0 Å². The lowest BCUT2D eigenvalue weighted by Gasteiger charge is -2.29. The Morgan fingerprint density at radius 3 is 2.43 bits per heavy atom. The molecule has 0 radical (unpaired) electrons. The van der Waals surface area contributed by atoms with E-state index in [1.165, 1.54) is 12.7 Å². The van der Waals surface area contributed by atoms with Gasteiger partial charge >= 0.3 is 22.4 Å². The number of aromatic nitrogens is 4. The Hall–Kier alpha value is -4.43. The van der Waals surface area contributed by atoms with Gasteiger partial charge in [0.2, 0.25) is 5.91 Å². The molecule has 0 unspecified atom stereocenters. The smallest absolute Gasteiger partial charge is 0.412 e. The Bertz CT molecular complexity index is 2100. The van der Waals surface area contributed by atoms with Crippen LogP contribution in [0.25, 0.3) is 11.2 Å². The lowest BCUT2D eigenvalue weighted by Crippen LogP contribution is -2.40. The molecule has 5 rings (SSSR count). The zero-order chi connectivity index (χ0) is 42.8. The molecule has 5 atom stereocenters. The molecule has 2 fully saturated rings. The fourth-order valence-corrected chi connectivity index (χ4v) is 8.24. The third-order valence-electron chi connectivity index (χ3n) is 9.68. The van der Waals surface area contributed by atoms with E-state index in [4.69, 9.17) is 33.6 Å². The van der Waals surface area contributed by atoms with Gasteiger partial charge in [-0.1, -0.05) is 39.7 Å². The third kappa shape index (κ3) is 11.2. The zero-order valence-corrected chi connectivity index (χ0v) is 35.7. The van der Waals surface area contributed by atoms with Crippen molar-refractivity contribution in [3.8, 4) is 5.75 Å². The van der Waals surface area contributed by atoms with E-state index >= 15 is 0 Å². The highest BCUT2D eigenvalue weighted by Crippen LogP contribution is 2.44. The van der Waals surface area contributed by atoms with E-state index in [1.54, 1.807) is 59.1 Å². The zero-order valence-electron chi connectivity index (χ0n) is 34.9. The highest BCUT2D eigenvalue weighted by molar-refractivity contribution is 7.85. The standard InChI is InChI=1S/C39H57N7O11S/c1-11-12-13-24(14-15-28(48)55-37(4,5)6)44-36(49)54-25-17-22(2)16-23(3)29(25)38(7,8)18-27(47)45-58(50,51)52-19-26-31-32(57-39(9,10)56-31)35(53-26)46-21-43-30-33(40)41-20-42-34(30)46/h16-17,20-21,24,26,31-32,35H,11-15,18-19H2,1-10H3,(H,44,49)(H,45,47)(H2,40,41,42)/t24-,26-,31-,32-,35-/m1/s1. The van der Waals surface area contributed by atoms with E-state index in [1.807, 2.05) is 31.6 Å². The first-order chi connectivity index (χ1) is 27.0. The lowest BCUT2D eigenvalue weighted by atomic mass is 9.78. The number of aryl methyl sites for hydroxylation is 2. The van der Waals surface area contributed by atoms with Gasteiger partial charge in [-0.05, 0) is 78.5 Å². The Balaban J connectivity index is 1.23. The van der Waals surface area contributed by atoms with Crippen LogP contribution in [0.4, 0.5) is 10.6 Å². The van der Waals surface area contributed by atoms with Gasteiger partial charge in [0.15, 0.2) is 23.5 Å². The molecule has 2 saturated heterocycles. The monoisotopic (exact) mass is 831 g/mol. The van der Waals surface area contributed by atoms with Gasteiger partial charge in [0.05, 0.1) is 12.9 Å². The minimum absolute atomic E-state index is 0.125. The summed E-state index contributed by atoms with van der Waals surface area (Å²) in [5, 5.41) is 2.90. The molecule has 2 aromatic heterocycles. The number of nitrogens with zero attached hydrogens (tertiary/aromatic N) is 4. The maximum Gasteiger partial charge on any atom is 0.412 e. The number of ether oxygens (including phenoxy) is 5. The van der Waals surface area contributed by atoms with E-state index < -0.39 is 70.3 Å². The van der Waals surface area contributed by atoms with E-state index in [9.17, 15) is 22.8 Å². The van der Waals surface area contributed by atoms with Crippen LogP contribution >= 0.6 is 0 Å². The van der Waals surface area contributed by atoms with Gasteiger partial charge in [0, 0.05) is 29.9 Å². The molecule has 1 aromatic carbocycles. The molecule has 18 nitrogen and oxygen atoms in total. The summed E-state index contributed by atoms with van der Waals surface area (Å²) in [7, 11) is -4.64. The van der Waals surface area contributed by atoms with E-state index in [2.05, 4.69) is 20.3 Å². The van der Waals surface area contributed by atoms with Crippen molar-refractivity contribution in [1.82, 2.24) is 29.6 Å². The number of amides is 2. The minimum Gasteiger partial charge on any atom is -0.460 e. The normalized spacial score (nSPS) is 21.1. The van der Waals surface area contributed by atoms with Gasteiger partial charge in [0.1, 0.15) is 41.5 Å². The number of nitrogens with one attached hydrogen (secondary N) is 2. The highest BCUT2D eigenvalue weighted by Gasteiger charge is 2.56. The van der Waals surface area contributed by atoms with E-state index in [0.29, 0.717) is 29.6 Å². The van der Waals surface area contributed by atoms with Crippen LogP contribution in [0.2, 0.25) is 0 Å². The molecular weight excluding hydrogens is 775 g/mol. The number of nitrogen functional groups attached to an aromatic ring is 1. The average molecular weight is 832 g/mol. The molecule has 58 heavy (non-hydrogen) atoms. The third-order valence-corrected chi connectivity index (χ3v) is 10.6. The molecule has 2 aliphatic heterocycles. The van der Waals surface area contributed by atoms with Crippen LogP contribution in [-0.2, 0) is 48.4 Å². The van der Waals surface area contributed by atoms with Crippen LogP contribution in [0.5, 0.6) is 5.75 Å². The summed E-state index contributed by atoms with van der Waals surface area (Å²) in [5.41, 5.74) is 7.15. The molecule has 320 valence electrons. The number of rotatable bonds is 16. The van der Waals surface area contributed by atoms with Gasteiger partial charge in [-0.15, -0.1) is 0 Å². The second-order valence-corrected chi connectivity index (χ2v) is 18.3. The van der Waals surface area contributed by atoms with Crippen LogP contribution < -0.4 is 20.5 Å². The first kappa shape index (κ1) is 44.7. The molecule has 0 bridgehead atoms. The topological polar surface area (TPSA) is 234 Å². The van der Waals surface area contributed by atoms with Crippen molar-refractivity contribution < 1.29 is 50.7 Å². The molecule has 0 aliphatic carbocycles. The molecule has 2 amide bonds. The molecular formula is C39H57N7O11S. The summed E-state index contributed by atoms with van der Waals surface area (Å²) in [5.74, 6) is -1.83. The number of unbranched alkanes of at least 4 members (excludes halogenated alkanes) is 1. The van der Waals surface area contributed by atoms with Gasteiger partial charge in [-0.25, -0.2) is 24.5 Å². The van der Waals surface area contributed by atoms with Crippen molar-refractivity contribution in [2.45, 2.75) is 155 Å². The lowest BCUT2D eigenvalue weighted by molar-refractivity contribution is -0.198. The van der Waals surface area contributed by atoms with Crippen LogP contribution in [0.3, 0.4) is 0 Å². The molecule has 3 aromatic rings. The second kappa shape index (κ2) is 17.4. The Kier molecular flexibility index (Phi) is 13.4. The van der Waals surface area contributed by atoms with Gasteiger partial charge in [-0.3, -0.25) is 18.3 Å². The SMILES string of the molecule is CCCC[C@H](CCC(=O)OC(C)(C)C)NC(=O)Oc1cc(C)cc(C)c1C(C)(C)CC(=O)NS(=O)(=O)OC[C@H]1O[C@@H](n2cnc3c(N)ncnc32)[C@@H]2OC(C)(C)O[C@@H]21. The number of imidazole rings is 1. The molecule has 0 spiro atoms. The highest BCUT2D eigenvalue weighted by atomic mass is 32.2. The van der Waals surface area contributed by atoms with Gasteiger partial charge < -0.3 is 34.7 Å². The van der Waals surface area contributed by atoms with E-state index in [0.717, 1.165) is 24.0 Å². The molecule has 19 heteroatoms. The van der Waals surface area contributed by atoms with Crippen molar-refractivity contribution in [2.24, 2.45) is 0 Å². The van der Waals surface area contributed by atoms with Crippen molar-refractivity contribution in [1.29, 1.82) is 0 Å². The maximum atomic E-state index is 13.4.